The molecule has 3 rings (SSSR count). The standard InChI is InChI=1S/C17H29N5O3S/c1-12(2)22-11-16(13(3)20-22)26(24,25)21-7-5-17(6-8-21)9-15(10-18-17)19-14(4)23/h11-12,15,18H,5-10H2,1-4H3,(H,19,23)/t15-/m1/s1. The number of amides is 1. The maximum atomic E-state index is 13.1. The third-order valence-electron chi connectivity index (χ3n) is 5.47. The van der Waals surface area contributed by atoms with Crippen molar-refractivity contribution in [1.29, 1.82) is 0 Å². The van der Waals surface area contributed by atoms with E-state index < -0.39 is 10.0 Å². The maximum absolute atomic E-state index is 13.1. The Morgan fingerprint density at radius 1 is 1.38 bits per heavy atom. The van der Waals surface area contributed by atoms with Crippen LogP contribution in [0.2, 0.25) is 0 Å². The molecule has 0 aliphatic carbocycles. The zero-order valence-corrected chi connectivity index (χ0v) is 16.8. The Morgan fingerprint density at radius 2 is 2.04 bits per heavy atom. The Kier molecular flexibility index (Phi) is 5.15. The second kappa shape index (κ2) is 6.94. The molecule has 2 aliphatic rings. The minimum atomic E-state index is -3.53. The van der Waals surface area contributed by atoms with Gasteiger partial charge in [-0.3, -0.25) is 9.48 Å². The summed E-state index contributed by atoms with van der Waals surface area (Å²) in [6.45, 7) is 8.93. The number of carbonyl (C=O) groups is 1. The summed E-state index contributed by atoms with van der Waals surface area (Å²) in [4.78, 5) is 11.6. The molecule has 1 aromatic rings. The number of nitrogens with one attached hydrogen (secondary N) is 2. The van der Waals surface area contributed by atoms with Crippen molar-refractivity contribution in [3.8, 4) is 0 Å². The highest BCUT2D eigenvalue weighted by Crippen LogP contribution is 2.33. The van der Waals surface area contributed by atoms with E-state index in [0.29, 0.717) is 23.7 Å². The van der Waals surface area contributed by atoms with Gasteiger partial charge in [0, 0.05) is 50.4 Å². The first-order valence-electron chi connectivity index (χ1n) is 9.21. The molecule has 0 bridgehead atoms. The normalized spacial score (nSPS) is 23.7. The summed E-state index contributed by atoms with van der Waals surface area (Å²) < 4.78 is 29.4. The van der Waals surface area contributed by atoms with Gasteiger partial charge < -0.3 is 10.6 Å². The van der Waals surface area contributed by atoms with Gasteiger partial charge in [0.15, 0.2) is 0 Å². The largest absolute Gasteiger partial charge is 0.352 e. The van der Waals surface area contributed by atoms with E-state index in [-0.39, 0.29) is 23.5 Å². The lowest BCUT2D eigenvalue weighted by Gasteiger charge is -2.38. The lowest BCUT2D eigenvalue weighted by molar-refractivity contribution is -0.119. The number of aromatic nitrogens is 2. The van der Waals surface area contributed by atoms with Crippen molar-refractivity contribution in [2.75, 3.05) is 19.6 Å². The molecule has 8 nitrogen and oxygen atoms in total. The first-order chi connectivity index (χ1) is 12.1. The molecule has 0 aromatic carbocycles. The average molecular weight is 384 g/mol. The molecule has 2 fully saturated rings. The fraction of sp³-hybridized carbons (Fsp3) is 0.765. The maximum Gasteiger partial charge on any atom is 0.246 e. The molecule has 2 saturated heterocycles. The van der Waals surface area contributed by atoms with E-state index in [1.54, 1.807) is 22.1 Å². The van der Waals surface area contributed by atoms with Crippen molar-refractivity contribution in [2.45, 2.75) is 69.5 Å². The van der Waals surface area contributed by atoms with Gasteiger partial charge >= 0.3 is 0 Å². The number of sulfonamides is 1. The summed E-state index contributed by atoms with van der Waals surface area (Å²) in [7, 11) is -3.53. The van der Waals surface area contributed by atoms with Gasteiger partial charge in [-0.15, -0.1) is 0 Å². The molecule has 0 saturated carbocycles. The molecule has 1 atom stereocenters. The SMILES string of the molecule is CC(=O)N[C@H]1CNC2(CCN(S(=O)(=O)c3cn(C(C)C)nc3C)CC2)C1. The third kappa shape index (κ3) is 3.65. The highest BCUT2D eigenvalue weighted by atomic mass is 32.2. The van der Waals surface area contributed by atoms with Crippen molar-refractivity contribution >= 4 is 15.9 Å². The van der Waals surface area contributed by atoms with Gasteiger partial charge in [0.2, 0.25) is 15.9 Å². The topological polar surface area (TPSA) is 96.3 Å². The average Bonchev–Trinajstić information content (AvgIpc) is 3.12. The van der Waals surface area contributed by atoms with Crippen LogP contribution in [0, 0.1) is 6.92 Å². The number of piperidine rings is 1. The summed E-state index contributed by atoms with van der Waals surface area (Å²) in [6, 6.07) is 0.248. The molecule has 1 amide bonds. The summed E-state index contributed by atoms with van der Waals surface area (Å²) in [5.74, 6) is -0.0218. The highest BCUT2D eigenvalue weighted by Gasteiger charge is 2.44. The number of rotatable bonds is 4. The van der Waals surface area contributed by atoms with E-state index in [4.69, 9.17) is 0 Å². The molecular formula is C17H29N5O3S. The Labute approximate surface area is 155 Å². The fourth-order valence-corrected chi connectivity index (χ4v) is 5.60. The van der Waals surface area contributed by atoms with Crippen LogP contribution >= 0.6 is 0 Å². The molecule has 0 unspecified atom stereocenters. The summed E-state index contributed by atoms with van der Waals surface area (Å²) in [6.07, 6.45) is 3.99. The summed E-state index contributed by atoms with van der Waals surface area (Å²) in [5.41, 5.74) is 0.472. The van der Waals surface area contributed by atoms with Gasteiger partial charge in [-0.05, 0) is 40.0 Å². The predicted octanol–water partition coefficient (Wildman–Crippen LogP) is 0.794. The first kappa shape index (κ1) is 19.3. The van der Waals surface area contributed by atoms with Crippen LogP contribution in [0.15, 0.2) is 11.1 Å². The Balaban J connectivity index is 1.69. The highest BCUT2D eigenvalue weighted by molar-refractivity contribution is 7.89. The second-order valence-corrected chi connectivity index (χ2v) is 9.73. The Morgan fingerprint density at radius 3 is 2.58 bits per heavy atom. The van der Waals surface area contributed by atoms with Crippen LogP contribution in [-0.4, -0.2) is 59.6 Å². The second-order valence-electron chi connectivity index (χ2n) is 7.82. The van der Waals surface area contributed by atoms with Crippen molar-refractivity contribution in [3.05, 3.63) is 11.9 Å². The Bertz CT molecular complexity index is 778. The molecule has 1 aromatic heterocycles. The molecule has 2 aliphatic heterocycles. The van der Waals surface area contributed by atoms with Crippen molar-refractivity contribution in [2.24, 2.45) is 0 Å². The molecule has 1 spiro atoms. The Hall–Kier alpha value is -1.45. The third-order valence-corrected chi connectivity index (χ3v) is 7.47. The van der Waals surface area contributed by atoms with Crippen LogP contribution < -0.4 is 10.6 Å². The van der Waals surface area contributed by atoms with Gasteiger partial charge in [-0.1, -0.05) is 0 Å². The van der Waals surface area contributed by atoms with Crippen LogP contribution in [0.3, 0.4) is 0 Å². The van der Waals surface area contributed by atoms with Crippen LogP contribution in [0.4, 0.5) is 0 Å². The minimum absolute atomic E-state index is 0.0218. The van der Waals surface area contributed by atoms with E-state index in [1.165, 1.54) is 6.92 Å². The molecule has 3 heterocycles. The number of carbonyl (C=O) groups excluding carboxylic acids is 1. The molecular weight excluding hydrogens is 354 g/mol. The van der Waals surface area contributed by atoms with Crippen molar-refractivity contribution in [1.82, 2.24) is 24.7 Å². The van der Waals surface area contributed by atoms with Gasteiger partial charge in [0.1, 0.15) is 4.90 Å². The lowest BCUT2D eigenvalue weighted by Crippen LogP contribution is -2.51. The van der Waals surface area contributed by atoms with Gasteiger partial charge in [0.25, 0.3) is 0 Å². The zero-order valence-electron chi connectivity index (χ0n) is 15.9. The van der Waals surface area contributed by atoms with Crippen molar-refractivity contribution < 1.29 is 13.2 Å². The van der Waals surface area contributed by atoms with E-state index in [9.17, 15) is 13.2 Å². The minimum Gasteiger partial charge on any atom is -0.352 e. The molecule has 146 valence electrons. The van der Waals surface area contributed by atoms with Crippen LogP contribution in [0.1, 0.15) is 51.8 Å². The fourth-order valence-electron chi connectivity index (χ4n) is 4.00. The number of hydrogen-bond acceptors (Lipinski definition) is 5. The molecule has 9 heteroatoms. The van der Waals surface area contributed by atoms with Crippen LogP contribution in [0.5, 0.6) is 0 Å². The summed E-state index contributed by atoms with van der Waals surface area (Å²) in [5, 5.41) is 10.8. The first-order valence-corrected chi connectivity index (χ1v) is 10.6. The van der Waals surface area contributed by atoms with Crippen LogP contribution in [0.25, 0.3) is 0 Å². The van der Waals surface area contributed by atoms with Crippen molar-refractivity contribution in [3.63, 3.8) is 0 Å². The molecule has 2 N–H and O–H groups in total. The van der Waals surface area contributed by atoms with E-state index in [1.807, 2.05) is 13.8 Å². The number of aryl methyl sites for hydroxylation is 1. The monoisotopic (exact) mass is 383 g/mol. The lowest BCUT2D eigenvalue weighted by atomic mass is 9.86. The summed E-state index contributed by atoms with van der Waals surface area (Å²) >= 11 is 0. The van der Waals surface area contributed by atoms with Gasteiger partial charge in [-0.2, -0.15) is 9.40 Å². The van der Waals surface area contributed by atoms with E-state index >= 15 is 0 Å². The quantitative estimate of drug-likeness (QED) is 0.801. The number of nitrogens with zero attached hydrogens (tertiary/aromatic N) is 3. The van der Waals surface area contributed by atoms with E-state index in [2.05, 4.69) is 15.7 Å². The zero-order chi connectivity index (χ0) is 19.1. The van der Waals surface area contributed by atoms with E-state index in [0.717, 1.165) is 25.8 Å². The van der Waals surface area contributed by atoms with Gasteiger partial charge in [0.05, 0.1) is 5.69 Å². The van der Waals surface area contributed by atoms with Crippen LogP contribution in [-0.2, 0) is 14.8 Å². The molecule has 0 radical (unpaired) electrons. The molecule has 26 heavy (non-hydrogen) atoms. The smallest absolute Gasteiger partial charge is 0.246 e. The van der Waals surface area contributed by atoms with Gasteiger partial charge in [-0.25, -0.2) is 8.42 Å². The predicted molar refractivity (Wildman–Crippen MR) is 98.3 cm³/mol. The number of hydrogen-bond donors (Lipinski definition) is 2.